The normalized spacial score (nSPS) is 14.7. The van der Waals surface area contributed by atoms with Gasteiger partial charge in [0.1, 0.15) is 6.54 Å². The third kappa shape index (κ3) is 4.21. The van der Waals surface area contributed by atoms with Crippen LogP contribution in [-0.2, 0) is 11.3 Å². The fraction of sp³-hybridized carbons (Fsp3) is 0.333. The van der Waals surface area contributed by atoms with Crippen LogP contribution in [0.15, 0.2) is 54.9 Å². The second-order valence-electron chi connectivity index (χ2n) is 7.27. The molecule has 1 saturated heterocycles. The average molecular weight is 392 g/mol. The van der Waals surface area contributed by atoms with Gasteiger partial charge >= 0.3 is 0 Å². The third-order valence-corrected chi connectivity index (χ3v) is 5.41. The molecule has 1 N–H and O–H groups in total. The summed E-state index contributed by atoms with van der Waals surface area (Å²) >= 11 is 0. The molecule has 1 fully saturated rings. The maximum atomic E-state index is 12.7. The van der Waals surface area contributed by atoms with E-state index in [9.17, 15) is 9.59 Å². The van der Waals surface area contributed by atoms with Gasteiger partial charge in [-0.25, -0.2) is 0 Å². The van der Waals surface area contributed by atoms with Crippen LogP contribution in [-0.4, -0.2) is 56.8 Å². The summed E-state index contributed by atoms with van der Waals surface area (Å²) in [6, 6.07) is 13.1. The molecule has 8 heteroatoms. The number of aromatic nitrogens is 4. The lowest BCUT2D eigenvalue weighted by Gasteiger charge is -2.31. The van der Waals surface area contributed by atoms with Gasteiger partial charge in [-0.15, -0.1) is 0 Å². The molecular formula is C21H24N6O2. The Morgan fingerprint density at radius 1 is 1.17 bits per heavy atom. The summed E-state index contributed by atoms with van der Waals surface area (Å²) in [5.41, 5.74) is 2.18. The number of para-hydroxylation sites is 1. The minimum Gasteiger partial charge on any atom is -0.341 e. The van der Waals surface area contributed by atoms with Gasteiger partial charge in [0.25, 0.3) is 5.91 Å². The Hall–Kier alpha value is -3.42. The van der Waals surface area contributed by atoms with E-state index in [1.54, 1.807) is 29.0 Å². The van der Waals surface area contributed by atoms with E-state index in [0.29, 0.717) is 18.8 Å². The molecule has 0 bridgehead atoms. The van der Waals surface area contributed by atoms with Crippen LogP contribution in [0.2, 0.25) is 0 Å². The Morgan fingerprint density at radius 3 is 2.62 bits per heavy atom. The monoisotopic (exact) mass is 392 g/mol. The second kappa shape index (κ2) is 8.30. The molecule has 150 valence electrons. The number of amides is 2. The van der Waals surface area contributed by atoms with Crippen LogP contribution in [0.3, 0.4) is 0 Å². The minimum atomic E-state index is -0.148. The van der Waals surface area contributed by atoms with Gasteiger partial charge in [-0.2, -0.15) is 10.2 Å². The first-order valence-electron chi connectivity index (χ1n) is 9.75. The maximum Gasteiger partial charge on any atom is 0.278 e. The average Bonchev–Trinajstić information content (AvgIpc) is 3.46. The van der Waals surface area contributed by atoms with Crippen molar-refractivity contribution in [2.45, 2.75) is 25.3 Å². The van der Waals surface area contributed by atoms with E-state index in [1.165, 1.54) is 0 Å². The van der Waals surface area contributed by atoms with Gasteiger partial charge in [0, 0.05) is 49.8 Å². The molecule has 1 aliphatic heterocycles. The highest BCUT2D eigenvalue weighted by Crippen LogP contribution is 2.27. The second-order valence-corrected chi connectivity index (χ2v) is 7.27. The number of rotatable bonds is 5. The number of aromatic amines is 1. The summed E-state index contributed by atoms with van der Waals surface area (Å²) in [5, 5.41) is 11.4. The summed E-state index contributed by atoms with van der Waals surface area (Å²) in [5.74, 6) is 0.197. The van der Waals surface area contributed by atoms with Gasteiger partial charge in [0.05, 0.1) is 0 Å². The predicted molar refractivity (Wildman–Crippen MR) is 109 cm³/mol. The molecule has 0 saturated carbocycles. The molecule has 0 aliphatic carbocycles. The lowest BCUT2D eigenvalue weighted by atomic mass is 9.93. The molecule has 0 radical (unpaired) electrons. The zero-order chi connectivity index (χ0) is 20.2. The molecule has 1 aromatic carbocycles. The van der Waals surface area contributed by atoms with Crippen molar-refractivity contribution < 1.29 is 9.59 Å². The first-order valence-corrected chi connectivity index (χ1v) is 9.75. The van der Waals surface area contributed by atoms with Crippen LogP contribution >= 0.6 is 0 Å². The van der Waals surface area contributed by atoms with E-state index in [1.807, 2.05) is 47.4 Å². The standard InChI is InChI=1S/C21H24N6O2/c1-25(17-6-3-2-4-7-17)21(29)19-14-18(23-24-19)16-8-12-26(13-9-16)20(28)15-27-11-5-10-22-27/h2-7,10-11,14,16H,8-9,12-13,15H2,1H3,(H,23,24). The number of nitrogens with zero attached hydrogens (tertiary/aromatic N) is 5. The Morgan fingerprint density at radius 2 is 1.93 bits per heavy atom. The van der Waals surface area contributed by atoms with Gasteiger partial charge in [-0.1, -0.05) is 18.2 Å². The van der Waals surface area contributed by atoms with Crippen molar-refractivity contribution in [2.24, 2.45) is 0 Å². The van der Waals surface area contributed by atoms with Crippen molar-refractivity contribution in [3.63, 3.8) is 0 Å². The Labute approximate surface area is 169 Å². The van der Waals surface area contributed by atoms with Gasteiger partial charge in [-0.05, 0) is 37.1 Å². The quantitative estimate of drug-likeness (QED) is 0.722. The number of likely N-dealkylation sites (tertiary alicyclic amines) is 1. The van der Waals surface area contributed by atoms with Crippen molar-refractivity contribution >= 4 is 17.5 Å². The van der Waals surface area contributed by atoms with Crippen molar-refractivity contribution in [3.8, 4) is 0 Å². The maximum absolute atomic E-state index is 12.7. The third-order valence-electron chi connectivity index (χ3n) is 5.41. The number of anilines is 1. The summed E-state index contributed by atoms with van der Waals surface area (Å²) in [7, 11) is 1.75. The largest absolute Gasteiger partial charge is 0.341 e. The van der Waals surface area contributed by atoms with E-state index in [0.717, 1.165) is 24.2 Å². The van der Waals surface area contributed by atoms with Gasteiger partial charge in [-0.3, -0.25) is 19.4 Å². The molecule has 3 aromatic rings. The first-order chi connectivity index (χ1) is 14.1. The molecule has 8 nitrogen and oxygen atoms in total. The van der Waals surface area contributed by atoms with Gasteiger partial charge in [0.2, 0.25) is 5.91 Å². The fourth-order valence-corrected chi connectivity index (χ4v) is 3.67. The van der Waals surface area contributed by atoms with Crippen LogP contribution in [0.5, 0.6) is 0 Å². The van der Waals surface area contributed by atoms with Crippen LogP contribution in [0.25, 0.3) is 0 Å². The molecule has 1 aliphatic rings. The molecule has 4 rings (SSSR count). The van der Waals surface area contributed by atoms with Crippen molar-refractivity contribution in [3.05, 3.63) is 66.2 Å². The summed E-state index contributed by atoms with van der Waals surface area (Å²) in [4.78, 5) is 28.6. The molecule has 2 aromatic heterocycles. The van der Waals surface area contributed by atoms with Gasteiger partial charge < -0.3 is 9.80 Å². The molecule has 0 unspecified atom stereocenters. The highest BCUT2D eigenvalue weighted by atomic mass is 16.2. The Balaban J connectivity index is 1.34. The number of hydrogen-bond donors (Lipinski definition) is 1. The zero-order valence-corrected chi connectivity index (χ0v) is 16.4. The number of hydrogen-bond acceptors (Lipinski definition) is 4. The Bertz CT molecular complexity index is 958. The van der Waals surface area contributed by atoms with Crippen LogP contribution < -0.4 is 4.90 Å². The number of H-pyrrole nitrogens is 1. The molecule has 0 atom stereocenters. The van der Waals surface area contributed by atoms with Crippen LogP contribution in [0.1, 0.15) is 34.9 Å². The van der Waals surface area contributed by atoms with Crippen LogP contribution in [0.4, 0.5) is 5.69 Å². The highest BCUT2D eigenvalue weighted by Gasteiger charge is 2.26. The molecular weight excluding hydrogens is 368 g/mol. The molecule has 2 amide bonds. The Kier molecular flexibility index (Phi) is 5.41. The minimum absolute atomic E-state index is 0.0807. The number of carbonyl (C=O) groups excluding carboxylic acids is 2. The smallest absolute Gasteiger partial charge is 0.278 e. The summed E-state index contributed by atoms with van der Waals surface area (Å²) in [6.45, 7) is 1.65. The number of carbonyl (C=O) groups is 2. The van der Waals surface area contributed by atoms with E-state index in [-0.39, 0.29) is 24.3 Å². The number of nitrogens with one attached hydrogen (secondary N) is 1. The first kappa shape index (κ1) is 18.9. The molecule has 29 heavy (non-hydrogen) atoms. The fourth-order valence-electron chi connectivity index (χ4n) is 3.67. The van der Waals surface area contributed by atoms with Crippen LogP contribution in [0, 0.1) is 0 Å². The van der Waals surface area contributed by atoms with E-state index >= 15 is 0 Å². The van der Waals surface area contributed by atoms with Crippen molar-refractivity contribution in [1.82, 2.24) is 24.9 Å². The lowest BCUT2D eigenvalue weighted by molar-refractivity contribution is -0.133. The predicted octanol–water partition coefficient (Wildman–Crippen LogP) is 2.29. The molecule has 0 spiro atoms. The van der Waals surface area contributed by atoms with E-state index < -0.39 is 0 Å². The SMILES string of the molecule is CN(C(=O)c1cc(C2CCN(C(=O)Cn3cccn3)CC2)[nH]n1)c1ccccc1. The van der Waals surface area contributed by atoms with Crippen molar-refractivity contribution in [2.75, 3.05) is 25.0 Å². The zero-order valence-electron chi connectivity index (χ0n) is 16.4. The summed E-state index contributed by atoms with van der Waals surface area (Å²) < 4.78 is 1.64. The highest BCUT2D eigenvalue weighted by molar-refractivity contribution is 6.04. The topological polar surface area (TPSA) is 87.1 Å². The number of piperidine rings is 1. The van der Waals surface area contributed by atoms with Crippen molar-refractivity contribution in [1.29, 1.82) is 0 Å². The van der Waals surface area contributed by atoms with E-state index in [4.69, 9.17) is 0 Å². The van der Waals surface area contributed by atoms with Gasteiger partial charge in [0.15, 0.2) is 5.69 Å². The molecule has 3 heterocycles. The number of benzene rings is 1. The summed E-state index contributed by atoms with van der Waals surface area (Å²) in [6.07, 6.45) is 5.15. The van der Waals surface area contributed by atoms with E-state index in [2.05, 4.69) is 15.3 Å². The lowest BCUT2D eigenvalue weighted by Crippen LogP contribution is -2.39.